The standard InChI is InChI=1S/C21H19F4N3OS/c1-2-10-7-8-13-11(9-10)16(21(23,24)25)15-17(26)18(30-20(15)28-13)19(29)27-14-6-4-3-5-12(14)22/h3-6,10H,2,7-9,26H2,1H3,(H,27,29)/t10-/m0/s1. The van der Waals surface area contributed by atoms with Gasteiger partial charge in [-0.2, -0.15) is 13.2 Å². The topological polar surface area (TPSA) is 68.0 Å². The molecule has 2 heterocycles. The third kappa shape index (κ3) is 3.51. The van der Waals surface area contributed by atoms with Gasteiger partial charge >= 0.3 is 6.18 Å². The number of carbonyl (C=O) groups is 1. The van der Waals surface area contributed by atoms with E-state index in [0.717, 1.165) is 24.2 Å². The van der Waals surface area contributed by atoms with Gasteiger partial charge < -0.3 is 11.1 Å². The van der Waals surface area contributed by atoms with Gasteiger partial charge in [-0.1, -0.05) is 25.5 Å². The highest BCUT2D eigenvalue weighted by molar-refractivity contribution is 7.21. The van der Waals surface area contributed by atoms with E-state index < -0.39 is 23.5 Å². The van der Waals surface area contributed by atoms with E-state index in [1.54, 1.807) is 0 Å². The fourth-order valence-electron chi connectivity index (χ4n) is 3.97. The second-order valence-corrected chi connectivity index (χ2v) is 8.38. The molecule has 9 heteroatoms. The zero-order valence-corrected chi connectivity index (χ0v) is 16.9. The Hall–Kier alpha value is -2.68. The van der Waals surface area contributed by atoms with Crippen molar-refractivity contribution < 1.29 is 22.4 Å². The van der Waals surface area contributed by atoms with E-state index in [1.165, 1.54) is 24.3 Å². The highest BCUT2D eigenvalue weighted by Crippen LogP contribution is 2.46. The Morgan fingerprint density at radius 2 is 2.07 bits per heavy atom. The fourth-order valence-corrected chi connectivity index (χ4v) is 4.99. The Bertz CT molecular complexity index is 1140. The molecule has 3 N–H and O–H groups in total. The van der Waals surface area contributed by atoms with Crippen molar-refractivity contribution in [2.24, 2.45) is 5.92 Å². The van der Waals surface area contributed by atoms with E-state index in [4.69, 9.17) is 5.73 Å². The molecule has 0 saturated heterocycles. The molecule has 3 aromatic rings. The number of nitrogens with zero attached hydrogens (tertiary/aromatic N) is 1. The van der Waals surface area contributed by atoms with E-state index >= 15 is 0 Å². The van der Waals surface area contributed by atoms with Gasteiger partial charge in [-0.3, -0.25) is 4.79 Å². The summed E-state index contributed by atoms with van der Waals surface area (Å²) in [7, 11) is 0. The van der Waals surface area contributed by atoms with Gasteiger partial charge in [0.25, 0.3) is 5.91 Å². The third-order valence-electron chi connectivity index (χ3n) is 5.53. The Labute approximate surface area is 174 Å². The van der Waals surface area contributed by atoms with Crippen molar-refractivity contribution in [2.45, 2.75) is 38.8 Å². The number of aromatic nitrogens is 1. The summed E-state index contributed by atoms with van der Waals surface area (Å²) in [6.07, 6.45) is -2.32. The summed E-state index contributed by atoms with van der Waals surface area (Å²) in [5, 5.41) is 2.15. The third-order valence-corrected chi connectivity index (χ3v) is 6.63. The monoisotopic (exact) mass is 437 g/mol. The molecule has 1 atom stereocenters. The van der Waals surface area contributed by atoms with Crippen LogP contribution in [0.3, 0.4) is 0 Å². The number of hydrogen-bond acceptors (Lipinski definition) is 4. The van der Waals surface area contributed by atoms with Gasteiger partial charge in [-0.15, -0.1) is 11.3 Å². The first kappa shape index (κ1) is 20.6. The van der Waals surface area contributed by atoms with Crippen molar-refractivity contribution in [3.63, 3.8) is 0 Å². The second-order valence-electron chi connectivity index (χ2n) is 7.39. The Balaban J connectivity index is 1.86. The van der Waals surface area contributed by atoms with Crippen molar-refractivity contribution in [3.8, 4) is 0 Å². The van der Waals surface area contributed by atoms with Crippen LogP contribution >= 0.6 is 11.3 Å². The second kappa shape index (κ2) is 7.54. The maximum absolute atomic E-state index is 14.1. The number of hydrogen-bond donors (Lipinski definition) is 2. The van der Waals surface area contributed by atoms with Crippen molar-refractivity contribution in [2.75, 3.05) is 11.1 Å². The van der Waals surface area contributed by atoms with Gasteiger partial charge in [-0.25, -0.2) is 9.37 Å². The number of nitrogen functional groups attached to an aromatic ring is 1. The molecule has 1 amide bonds. The maximum atomic E-state index is 14.1. The molecule has 4 nitrogen and oxygen atoms in total. The molecular weight excluding hydrogens is 418 g/mol. The number of anilines is 2. The summed E-state index contributed by atoms with van der Waals surface area (Å²) < 4.78 is 56.2. The molecule has 158 valence electrons. The molecule has 2 aromatic heterocycles. The van der Waals surface area contributed by atoms with Crippen LogP contribution in [0.2, 0.25) is 0 Å². The average Bonchev–Trinajstić information content (AvgIpc) is 3.02. The fraction of sp³-hybridized carbons (Fsp3) is 0.333. The van der Waals surface area contributed by atoms with E-state index in [0.29, 0.717) is 12.1 Å². The summed E-state index contributed by atoms with van der Waals surface area (Å²) in [5.74, 6) is -1.26. The van der Waals surface area contributed by atoms with Crippen LogP contribution in [0.4, 0.5) is 28.9 Å². The maximum Gasteiger partial charge on any atom is 0.417 e. The molecule has 1 aliphatic rings. The normalized spacial score (nSPS) is 16.5. The van der Waals surface area contributed by atoms with Crippen molar-refractivity contribution >= 4 is 38.8 Å². The van der Waals surface area contributed by atoms with Crippen LogP contribution in [0, 0.1) is 11.7 Å². The van der Waals surface area contributed by atoms with E-state index in [9.17, 15) is 22.4 Å². The van der Waals surface area contributed by atoms with Gasteiger partial charge in [0.2, 0.25) is 0 Å². The molecule has 1 aromatic carbocycles. The number of thiophene rings is 1. The lowest BCUT2D eigenvalue weighted by Crippen LogP contribution is -2.21. The van der Waals surface area contributed by atoms with Gasteiger partial charge in [0.1, 0.15) is 15.5 Å². The van der Waals surface area contributed by atoms with Crippen LogP contribution in [0.1, 0.15) is 46.3 Å². The number of carbonyl (C=O) groups excluding carboxylic acids is 1. The van der Waals surface area contributed by atoms with Gasteiger partial charge in [0.15, 0.2) is 0 Å². The average molecular weight is 437 g/mol. The van der Waals surface area contributed by atoms with Crippen LogP contribution in [-0.2, 0) is 19.0 Å². The first-order valence-electron chi connectivity index (χ1n) is 9.57. The minimum absolute atomic E-state index is 0.0755. The largest absolute Gasteiger partial charge is 0.417 e. The zero-order valence-electron chi connectivity index (χ0n) is 16.1. The number of rotatable bonds is 3. The molecule has 0 unspecified atom stereocenters. The zero-order chi connectivity index (χ0) is 21.6. The first-order chi connectivity index (χ1) is 14.2. The van der Waals surface area contributed by atoms with Crippen LogP contribution in [-0.4, -0.2) is 10.9 Å². The summed E-state index contributed by atoms with van der Waals surface area (Å²) in [5.41, 5.74) is 5.50. The van der Waals surface area contributed by atoms with Crippen molar-refractivity contribution in [3.05, 3.63) is 51.8 Å². The minimum atomic E-state index is -4.63. The first-order valence-corrected chi connectivity index (χ1v) is 10.4. The summed E-state index contributed by atoms with van der Waals surface area (Å²) in [6, 6.07) is 5.53. The van der Waals surface area contributed by atoms with Crippen LogP contribution < -0.4 is 11.1 Å². The molecule has 0 bridgehead atoms. The van der Waals surface area contributed by atoms with Gasteiger partial charge in [0, 0.05) is 11.1 Å². The molecule has 4 rings (SSSR count). The lowest BCUT2D eigenvalue weighted by atomic mass is 9.82. The SMILES string of the molecule is CC[C@H]1CCc2nc3sc(C(=O)Nc4ccccc4F)c(N)c3c(C(F)(F)F)c2C1. The number of halogens is 4. The highest BCUT2D eigenvalue weighted by atomic mass is 32.1. The number of alkyl halides is 3. The van der Waals surface area contributed by atoms with Crippen molar-refractivity contribution in [1.82, 2.24) is 4.98 Å². The van der Waals surface area contributed by atoms with Gasteiger partial charge in [0.05, 0.1) is 16.9 Å². The van der Waals surface area contributed by atoms with Gasteiger partial charge in [-0.05, 0) is 42.9 Å². The minimum Gasteiger partial charge on any atom is -0.397 e. The summed E-state index contributed by atoms with van der Waals surface area (Å²) in [4.78, 5) is 17.1. The number of pyridine rings is 1. The number of para-hydroxylation sites is 1. The van der Waals surface area contributed by atoms with E-state index in [1.807, 2.05) is 6.92 Å². The lowest BCUT2D eigenvalue weighted by Gasteiger charge is -2.26. The molecule has 0 spiro atoms. The number of aryl methyl sites for hydroxylation is 1. The number of amides is 1. The molecule has 0 radical (unpaired) electrons. The number of nitrogens with two attached hydrogens (primary N) is 1. The summed E-state index contributed by atoms with van der Waals surface area (Å²) in [6.45, 7) is 1.96. The quantitative estimate of drug-likeness (QED) is 0.509. The molecule has 0 aliphatic heterocycles. The van der Waals surface area contributed by atoms with Crippen LogP contribution in [0.15, 0.2) is 24.3 Å². The molecular formula is C21H19F4N3OS. The summed E-state index contributed by atoms with van der Waals surface area (Å²) >= 11 is 0.796. The predicted octanol–water partition coefficient (Wildman–Crippen LogP) is 5.80. The Morgan fingerprint density at radius 1 is 1.33 bits per heavy atom. The number of nitrogens with one attached hydrogen (secondary N) is 1. The molecule has 30 heavy (non-hydrogen) atoms. The molecule has 0 fully saturated rings. The smallest absolute Gasteiger partial charge is 0.397 e. The van der Waals surface area contributed by atoms with Crippen LogP contribution in [0.5, 0.6) is 0 Å². The van der Waals surface area contributed by atoms with E-state index in [-0.39, 0.29) is 44.4 Å². The number of fused-ring (bicyclic) bond motifs is 2. The lowest BCUT2D eigenvalue weighted by molar-refractivity contribution is -0.137. The Morgan fingerprint density at radius 3 is 2.73 bits per heavy atom. The number of benzene rings is 1. The molecule has 1 aliphatic carbocycles. The highest BCUT2D eigenvalue weighted by Gasteiger charge is 2.40. The predicted molar refractivity (Wildman–Crippen MR) is 109 cm³/mol. The Kier molecular flexibility index (Phi) is 5.17. The molecule has 0 saturated carbocycles. The van der Waals surface area contributed by atoms with Crippen molar-refractivity contribution in [1.29, 1.82) is 0 Å². The van der Waals surface area contributed by atoms with E-state index in [2.05, 4.69) is 10.3 Å². The van der Waals surface area contributed by atoms with Crippen LogP contribution in [0.25, 0.3) is 10.2 Å².